The minimum Gasteiger partial charge on any atom is -0.389 e. The summed E-state index contributed by atoms with van der Waals surface area (Å²) in [7, 11) is 0. The third-order valence-corrected chi connectivity index (χ3v) is 3.52. The van der Waals surface area contributed by atoms with Gasteiger partial charge in [0.25, 0.3) is 0 Å². The van der Waals surface area contributed by atoms with E-state index >= 15 is 0 Å². The Labute approximate surface area is 120 Å². The van der Waals surface area contributed by atoms with Gasteiger partial charge < -0.3 is 14.7 Å². The predicted molar refractivity (Wildman–Crippen MR) is 78.6 cm³/mol. The molecule has 108 valence electrons. The topological polar surface area (TPSA) is 56.5 Å². The van der Waals surface area contributed by atoms with Crippen molar-refractivity contribution in [2.24, 2.45) is 0 Å². The molecule has 1 N–H and O–H groups in total. The van der Waals surface area contributed by atoms with Crippen molar-refractivity contribution in [3.63, 3.8) is 0 Å². The molecular weight excluding hydrogens is 252 g/mol. The van der Waals surface area contributed by atoms with Gasteiger partial charge in [0.1, 0.15) is 0 Å². The summed E-state index contributed by atoms with van der Waals surface area (Å²) >= 11 is 0. The van der Waals surface area contributed by atoms with Crippen LogP contribution in [0.15, 0.2) is 18.2 Å². The van der Waals surface area contributed by atoms with E-state index in [1.165, 1.54) is 0 Å². The molecule has 1 heterocycles. The van der Waals surface area contributed by atoms with Gasteiger partial charge in [0, 0.05) is 24.3 Å². The fourth-order valence-electron chi connectivity index (χ4n) is 2.88. The van der Waals surface area contributed by atoms with Gasteiger partial charge in [-0.05, 0) is 39.8 Å². The minimum atomic E-state index is -0.556. The zero-order valence-electron chi connectivity index (χ0n) is 12.6. The van der Waals surface area contributed by atoms with Gasteiger partial charge in [-0.15, -0.1) is 0 Å². The summed E-state index contributed by atoms with van der Waals surface area (Å²) in [5.74, 6) is 0. The van der Waals surface area contributed by atoms with Gasteiger partial charge in [-0.25, -0.2) is 0 Å². The van der Waals surface area contributed by atoms with E-state index in [1.807, 2.05) is 19.1 Å². The van der Waals surface area contributed by atoms with Crippen LogP contribution in [0, 0.1) is 11.3 Å². The van der Waals surface area contributed by atoms with E-state index in [0.29, 0.717) is 5.56 Å². The van der Waals surface area contributed by atoms with Crippen LogP contribution in [0.3, 0.4) is 0 Å². The SMILES string of the molecule is CC1CN(c2cc(C#N)ccc2[C@H](C)O)CC(C)(C)O1. The second-order valence-electron chi connectivity index (χ2n) is 6.13. The van der Waals surface area contributed by atoms with Crippen LogP contribution in [0.25, 0.3) is 0 Å². The Morgan fingerprint density at radius 3 is 2.75 bits per heavy atom. The monoisotopic (exact) mass is 274 g/mol. The average molecular weight is 274 g/mol. The van der Waals surface area contributed by atoms with E-state index in [-0.39, 0.29) is 11.7 Å². The predicted octanol–water partition coefficient (Wildman–Crippen LogP) is 2.62. The van der Waals surface area contributed by atoms with Gasteiger partial charge >= 0.3 is 0 Å². The number of morpholine rings is 1. The van der Waals surface area contributed by atoms with Crippen molar-refractivity contribution in [3.8, 4) is 6.07 Å². The van der Waals surface area contributed by atoms with Crippen LogP contribution in [0.2, 0.25) is 0 Å². The molecule has 1 aromatic rings. The van der Waals surface area contributed by atoms with Crippen molar-refractivity contribution in [1.82, 2.24) is 0 Å². The van der Waals surface area contributed by atoms with E-state index in [1.54, 1.807) is 13.0 Å². The highest BCUT2D eigenvalue weighted by Crippen LogP contribution is 2.32. The Kier molecular flexibility index (Phi) is 4.03. The maximum Gasteiger partial charge on any atom is 0.0992 e. The molecule has 1 fully saturated rings. The van der Waals surface area contributed by atoms with Crippen LogP contribution in [0.5, 0.6) is 0 Å². The third kappa shape index (κ3) is 3.12. The maximum atomic E-state index is 9.95. The molecule has 2 rings (SSSR count). The van der Waals surface area contributed by atoms with Crippen LogP contribution < -0.4 is 4.90 Å². The molecule has 1 saturated heterocycles. The van der Waals surface area contributed by atoms with Crippen molar-refractivity contribution >= 4 is 5.69 Å². The highest BCUT2D eigenvalue weighted by molar-refractivity contribution is 5.59. The van der Waals surface area contributed by atoms with Gasteiger partial charge in [0.2, 0.25) is 0 Å². The number of aliphatic hydroxyl groups is 1. The number of anilines is 1. The molecule has 4 heteroatoms. The average Bonchev–Trinajstić information content (AvgIpc) is 2.35. The highest BCUT2D eigenvalue weighted by Gasteiger charge is 2.32. The first-order valence-electron chi connectivity index (χ1n) is 6.97. The summed E-state index contributed by atoms with van der Waals surface area (Å²) < 4.78 is 5.91. The lowest BCUT2D eigenvalue weighted by molar-refractivity contribution is -0.0750. The number of ether oxygens (including phenoxy) is 1. The Morgan fingerprint density at radius 2 is 2.20 bits per heavy atom. The summed E-state index contributed by atoms with van der Waals surface area (Å²) in [6.45, 7) is 9.42. The van der Waals surface area contributed by atoms with Crippen LogP contribution in [-0.2, 0) is 4.74 Å². The lowest BCUT2D eigenvalue weighted by Crippen LogP contribution is -2.52. The fourth-order valence-corrected chi connectivity index (χ4v) is 2.88. The Bertz CT molecular complexity index is 532. The molecule has 0 aromatic heterocycles. The number of aliphatic hydroxyl groups excluding tert-OH is 1. The molecule has 0 saturated carbocycles. The smallest absolute Gasteiger partial charge is 0.0992 e. The molecular formula is C16H22N2O2. The normalized spacial score (nSPS) is 23.2. The van der Waals surface area contributed by atoms with Crippen molar-refractivity contribution in [2.75, 3.05) is 18.0 Å². The second-order valence-corrected chi connectivity index (χ2v) is 6.13. The number of nitriles is 1. The molecule has 0 aliphatic carbocycles. The first-order chi connectivity index (χ1) is 9.32. The van der Waals surface area contributed by atoms with E-state index in [4.69, 9.17) is 10.00 Å². The number of rotatable bonds is 2. The third-order valence-electron chi connectivity index (χ3n) is 3.52. The lowest BCUT2D eigenvalue weighted by atomic mass is 10.00. The van der Waals surface area contributed by atoms with Crippen LogP contribution in [0.1, 0.15) is 44.9 Å². The zero-order valence-corrected chi connectivity index (χ0v) is 12.6. The molecule has 20 heavy (non-hydrogen) atoms. The Morgan fingerprint density at radius 1 is 1.50 bits per heavy atom. The summed E-state index contributed by atoms with van der Waals surface area (Å²) in [6.07, 6.45) is -0.439. The van der Waals surface area contributed by atoms with Gasteiger partial charge in [-0.2, -0.15) is 5.26 Å². The summed E-state index contributed by atoms with van der Waals surface area (Å²) in [4.78, 5) is 2.21. The first-order valence-corrected chi connectivity index (χ1v) is 6.97. The molecule has 0 bridgehead atoms. The van der Waals surface area contributed by atoms with E-state index in [9.17, 15) is 5.11 Å². The van der Waals surface area contributed by atoms with Crippen molar-refractivity contribution in [2.45, 2.75) is 45.5 Å². The molecule has 0 radical (unpaired) electrons. The largest absolute Gasteiger partial charge is 0.389 e. The summed E-state index contributed by atoms with van der Waals surface area (Å²) in [6, 6.07) is 7.61. The van der Waals surface area contributed by atoms with E-state index in [0.717, 1.165) is 24.3 Å². The summed E-state index contributed by atoms with van der Waals surface area (Å²) in [5.41, 5.74) is 2.16. The van der Waals surface area contributed by atoms with Crippen LogP contribution in [-0.4, -0.2) is 29.9 Å². The Balaban J connectivity index is 2.42. The highest BCUT2D eigenvalue weighted by atomic mass is 16.5. The van der Waals surface area contributed by atoms with E-state index in [2.05, 4.69) is 24.8 Å². The fraction of sp³-hybridized carbons (Fsp3) is 0.562. The van der Waals surface area contributed by atoms with Gasteiger partial charge in [-0.1, -0.05) is 6.07 Å². The van der Waals surface area contributed by atoms with Crippen molar-refractivity contribution in [3.05, 3.63) is 29.3 Å². The quantitative estimate of drug-likeness (QED) is 0.900. The Hall–Kier alpha value is -1.57. The van der Waals surface area contributed by atoms with Gasteiger partial charge in [-0.3, -0.25) is 0 Å². The molecule has 0 amide bonds. The standard InChI is InChI=1S/C16H22N2O2/c1-11-9-18(10-16(3,4)20-11)15-7-13(8-17)5-6-14(15)12(2)19/h5-7,11-12,19H,9-10H2,1-4H3/t11?,12-/m0/s1. The molecule has 4 nitrogen and oxygen atoms in total. The van der Waals surface area contributed by atoms with Crippen molar-refractivity contribution in [1.29, 1.82) is 5.26 Å². The molecule has 1 aliphatic rings. The van der Waals surface area contributed by atoms with Gasteiger partial charge in [0.05, 0.1) is 29.4 Å². The van der Waals surface area contributed by atoms with E-state index < -0.39 is 6.10 Å². The van der Waals surface area contributed by atoms with Gasteiger partial charge in [0.15, 0.2) is 0 Å². The minimum absolute atomic E-state index is 0.117. The van der Waals surface area contributed by atoms with Crippen molar-refractivity contribution < 1.29 is 9.84 Å². The molecule has 1 aromatic carbocycles. The maximum absolute atomic E-state index is 9.95. The second kappa shape index (κ2) is 5.43. The molecule has 1 aliphatic heterocycles. The first kappa shape index (κ1) is 14.8. The van der Waals surface area contributed by atoms with Crippen LogP contribution in [0.4, 0.5) is 5.69 Å². The molecule has 2 atom stereocenters. The van der Waals surface area contributed by atoms with Crippen LogP contribution >= 0.6 is 0 Å². The molecule has 0 spiro atoms. The number of hydrogen-bond donors (Lipinski definition) is 1. The number of nitrogens with zero attached hydrogens (tertiary/aromatic N) is 2. The molecule has 1 unspecified atom stereocenters. The number of benzene rings is 1. The number of hydrogen-bond acceptors (Lipinski definition) is 4. The lowest BCUT2D eigenvalue weighted by Gasteiger charge is -2.43. The zero-order chi connectivity index (χ0) is 14.9. The summed E-state index contributed by atoms with van der Waals surface area (Å²) in [5, 5.41) is 19.0.